The van der Waals surface area contributed by atoms with E-state index < -0.39 is 97.5 Å². The molecule has 0 aromatic carbocycles. The van der Waals surface area contributed by atoms with Crippen LogP contribution in [0, 0.1) is 17.8 Å². The molecule has 654 valence electrons. The van der Waals surface area contributed by atoms with Gasteiger partial charge in [-0.3, -0.25) is 37.3 Å². The molecule has 0 radical (unpaired) electrons. The molecule has 19 heteroatoms. The molecule has 6 atom stereocenters. The van der Waals surface area contributed by atoms with Crippen LogP contribution in [0.3, 0.4) is 0 Å². The van der Waals surface area contributed by atoms with Crippen molar-refractivity contribution in [2.75, 3.05) is 39.6 Å². The molecule has 3 unspecified atom stereocenters. The highest BCUT2D eigenvalue weighted by Crippen LogP contribution is 2.45. The maximum atomic E-state index is 13.2. The summed E-state index contributed by atoms with van der Waals surface area (Å²) in [5, 5.41) is 10.7. The van der Waals surface area contributed by atoms with Crippen molar-refractivity contribution in [2.45, 2.75) is 503 Å². The molecule has 17 nitrogen and oxygen atoms in total. The van der Waals surface area contributed by atoms with Crippen LogP contribution >= 0.6 is 15.6 Å². The van der Waals surface area contributed by atoms with Crippen molar-refractivity contribution in [2.24, 2.45) is 17.8 Å². The van der Waals surface area contributed by atoms with Gasteiger partial charge in [-0.15, -0.1) is 0 Å². The second-order valence-electron chi connectivity index (χ2n) is 33.9. The molecule has 0 aromatic heterocycles. The molecule has 0 rings (SSSR count). The molecule has 0 spiro atoms. The smallest absolute Gasteiger partial charge is 0.462 e. The van der Waals surface area contributed by atoms with Crippen LogP contribution in [0.5, 0.6) is 0 Å². The lowest BCUT2D eigenvalue weighted by atomic mass is 9.99. The number of aliphatic hydroxyl groups excluding tert-OH is 1. The van der Waals surface area contributed by atoms with E-state index in [2.05, 4.69) is 48.5 Å². The van der Waals surface area contributed by atoms with Crippen LogP contribution in [0.15, 0.2) is 0 Å². The fraction of sp³-hybridized carbons (Fsp3) is 0.956. The molecular formula is C91H178O17P2. The van der Waals surface area contributed by atoms with E-state index in [9.17, 15) is 43.2 Å². The highest BCUT2D eigenvalue weighted by atomic mass is 31.2. The summed E-state index contributed by atoms with van der Waals surface area (Å²) >= 11 is 0. The van der Waals surface area contributed by atoms with Crippen LogP contribution in [-0.4, -0.2) is 96.7 Å². The van der Waals surface area contributed by atoms with Gasteiger partial charge >= 0.3 is 39.5 Å². The fourth-order valence-electron chi connectivity index (χ4n) is 14.2. The quantitative estimate of drug-likeness (QED) is 0.0222. The molecule has 0 saturated carbocycles. The zero-order valence-electron chi connectivity index (χ0n) is 72.7. The monoisotopic (exact) mass is 1610 g/mol. The number of phosphoric acid groups is 2. The van der Waals surface area contributed by atoms with E-state index in [0.29, 0.717) is 31.6 Å². The number of ether oxygens (including phenoxy) is 4. The average Bonchev–Trinajstić information content (AvgIpc) is 0.897. The Labute approximate surface area is 677 Å². The molecule has 0 saturated heterocycles. The van der Waals surface area contributed by atoms with Gasteiger partial charge in [-0.05, 0) is 43.4 Å². The first-order valence-corrected chi connectivity index (χ1v) is 49.9. The zero-order valence-corrected chi connectivity index (χ0v) is 74.5. The van der Waals surface area contributed by atoms with Crippen LogP contribution in [0.25, 0.3) is 0 Å². The number of phosphoric ester groups is 2. The Balaban J connectivity index is 5.22. The van der Waals surface area contributed by atoms with Crippen molar-refractivity contribution in [1.29, 1.82) is 0 Å². The van der Waals surface area contributed by atoms with Crippen molar-refractivity contribution in [3.63, 3.8) is 0 Å². The Morgan fingerprint density at radius 3 is 0.691 bits per heavy atom. The summed E-state index contributed by atoms with van der Waals surface area (Å²) in [7, 11) is -9.93. The van der Waals surface area contributed by atoms with E-state index in [1.807, 2.05) is 0 Å². The molecule has 0 bridgehead atoms. The first-order valence-electron chi connectivity index (χ1n) is 46.9. The molecule has 0 amide bonds. The normalized spacial score (nSPS) is 14.0. The summed E-state index contributed by atoms with van der Waals surface area (Å²) in [6.45, 7) is 12.1. The summed E-state index contributed by atoms with van der Waals surface area (Å²) in [5.74, 6) is 0.299. The molecule has 0 aliphatic heterocycles. The van der Waals surface area contributed by atoms with Crippen LogP contribution in [0.2, 0.25) is 0 Å². The summed E-state index contributed by atoms with van der Waals surface area (Å²) in [5.41, 5.74) is 0. The number of carbonyl (C=O) groups is 4. The van der Waals surface area contributed by atoms with E-state index >= 15 is 0 Å². The molecule has 0 aromatic rings. The Hall–Kier alpha value is -1.94. The van der Waals surface area contributed by atoms with E-state index in [4.69, 9.17) is 37.0 Å². The third-order valence-corrected chi connectivity index (χ3v) is 23.6. The van der Waals surface area contributed by atoms with Crippen LogP contribution < -0.4 is 0 Å². The van der Waals surface area contributed by atoms with Gasteiger partial charge in [0.05, 0.1) is 26.4 Å². The summed E-state index contributed by atoms with van der Waals surface area (Å²) in [4.78, 5) is 73.4. The van der Waals surface area contributed by atoms with Crippen molar-refractivity contribution >= 4 is 39.5 Å². The Morgan fingerprint density at radius 1 is 0.264 bits per heavy atom. The molecule has 0 heterocycles. The number of rotatable bonds is 89. The third-order valence-electron chi connectivity index (χ3n) is 21.7. The minimum Gasteiger partial charge on any atom is -0.462 e. The van der Waals surface area contributed by atoms with E-state index in [0.717, 1.165) is 108 Å². The maximum absolute atomic E-state index is 13.2. The number of carbonyl (C=O) groups excluding carboxylic acids is 4. The standard InChI is InChI=1S/C91H178O17P2/c1-8-10-11-12-13-14-15-16-17-22-30-35-40-45-52-60-67-75-91(96)108-87(79-102-89(94)73-66-59-54-47-49-56-63-70-83(5)6)81-106-110(99,100)104-77-85(92)76-103-109(97,98)105-80-86(78-101-88(93)72-65-58-51-44-39-34-29-25-20-18-23-27-32-37-42-48-55-62-69-82(3)4)107-90(95)74-68-61-53-46-41-36-31-26-21-19-24-28-33-38-43-50-57-64-71-84(7)9-2/h82-87,92H,8-81H2,1-7H3,(H,97,98)(H,99,100)/t84?,85-,86-,87-/m1/s1. The second-order valence-corrected chi connectivity index (χ2v) is 36.8. The SMILES string of the molecule is CCCCCCCCCCCCCCCCCCCC(=O)O[C@H](COC(=O)CCCCCCCCCC(C)C)COP(=O)(O)OC[C@H](O)COP(=O)(O)OC[C@@H](COC(=O)CCCCCCCCCCCCCCCCCCCCC(C)C)OC(=O)CCCCCCCCCCCCCCCCCCCCC(C)CC. The number of aliphatic hydroxyl groups is 1. The van der Waals surface area contributed by atoms with Crippen LogP contribution in [-0.2, 0) is 65.4 Å². The van der Waals surface area contributed by atoms with Crippen molar-refractivity contribution in [3.8, 4) is 0 Å². The summed E-state index contributed by atoms with van der Waals surface area (Å²) in [6, 6.07) is 0. The molecule has 0 fully saturated rings. The fourth-order valence-corrected chi connectivity index (χ4v) is 15.8. The first kappa shape index (κ1) is 108. The summed E-state index contributed by atoms with van der Waals surface area (Å²) in [6.07, 6.45) is 73.8. The van der Waals surface area contributed by atoms with Crippen molar-refractivity contribution < 1.29 is 80.2 Å². The minimum atomic E-state index is -4.97. The van der Waals surface area contributed by atoms with E-state index in [1.54, 1.807) is 0 Å². The highest BCUT2D eigenvalue weighted by Gasteiger charge is 2.31. The molecule has 110 heavy (non-hydrogen) atoms. The topological polar surface area (TPSA) is 237 Å². The highest BCUT2D eigenvalue weighted by molar-refractivity contribution is 7.47. The predicted molar refractivity (Wildman–Crippen MR) is 455 cm³/mol. The second kappa shape index (κ2) is 80.8. The third kappa shape index (κ3) is 82.6. The van der Waals surface area contributed by atoms with E-state index in [-0.39, 0.29) is 25.7 Å². The number of hydrogen-bond acceptors (Lipinski definition) is 15. The Kier molecular flexibility index (Phi) is 79.4. The lowest BCUT2D eigenvalue weighted by Crippen LogP contribution is -2.30. The average molecular weight is 1610 g/mol. The molecule has 3 N–H and O–H groups in total. The summed E-state index contributed by atoms with van der Waals surface area (Å²) < 4.78 is 69.0. The largest absolute Gasteiger partial charge is 0.472 e. The maximum Gasteiger partial charge on any atom is 0.472 e. The van der Waals surface area contributed by atoms with Gasteiger partial charge < -0.3 is 33.8 Å². The molecule has 0 aliphatic carbocycles. The van der Waals surface area contributed by atoms with Gasteiger partial charge in [0.15, 0.2) is 12.2 Å². The van der Waals surface area contributed by atoms with E-state index in [1.165, 1.54) is 289 Å². The van der Waals surface area contributed by atoms with Crippen LogP contribution in [0.4, 0.5) is 0 Å². The lowest BCUT2D eigenvalue weighted by Gasteiger charge is -2.21. The van der Waals surface area contributed by atoms with Gasteiger partial charge in [-0.25, -0.2) is 9.13 Å². The van der Waals surface area contributed by atoms with Gasteiger partial charge in [0.2, 0.25) is 0 Å². The zero-order chi connectivity index (χ0) is 80.8. The molecule has 0 aliphatic rings. The lowest BCUT2D eigenvalue weighted by molar-refractivity contribution is -0.161. The van der Waals surface area contributed by atoms with Gasteiger partial charge in [0.25, 0.3) is 0 Å². The number of hydrogen-bond donors (Lipinski definition) is 3. The van der Waals surface area contributed by atoms with Gasteiger partial charge in [0.1, 0.15) is 19.3 Å². The number of unbranched alkanes of at least 4 members (excludes halogenated alkanes) is 56. The van der Waals surface area contributed by atoms with Gasteiger partial charge in [-0.1, -0.05) is 434 Å². The van der Waals surface area contributed by atoms with Crippen LogP contribution in [0.1, 0.15) is 485 Å². The number of esters is 4. The first-order chi connectivity index (χ1) is 53.3. The Morgan fingerprint density at radius 2 is 0.464 bits per heavy atom. The van der Waals surface area contributed by atoms with Crippen molar-refractivity contribution in [1.82, 2.24) is 0 Å². The predicted octanol–water partition coefficient (Wildman–Crippen LogP) is 28.0. The van der Waals surface area contributed by atoms with Crippen molar-refractivity contribution in [3.05, 3.63) is 0 Å². The minimum absolute atomic E-state index is 0.108. The van der Waals surface area contributed by atoms with Gasteiger partial charge in [-0.2, -0.15) is 0 Å². The molecular weight excluding hydrogens is 1430 g/mol. The Bertz CT molecular complexity index is 2120. The van der Waals surface area contributed by atoms with Gasteiger partial charge in [0, 0.05) is 25.7 Å².